The minimum Gasteiger partial charge on any atom is -0.394 e. The molecule has 3 fully saturated rings. The molecule has 3 saturated heterocycles. The van der Waals surface area contributed by atoms with Crippen molar-refractivity contribution in [3.8, 4) is 0 Å². The Labute approximate surface area is 187 Å². The molecule has 3 aliphatic heterocycles. The zero-order valence-electron chi connectivity index (χ0n) is 17.6. The van der Waals surface area contributed by atoms with E-state index in [4.69, 9.17) is 23.7 Å². The molecule has 15 heteroatoms. The fourth-order valence-corrected chi connectivity index (χ4v) is 3.97. The van der Waals surface area contributed by atoms with E-state index in [-0.39, 0.29) is 0 Å². The second-order valence-corrected chi connectivity index (χ2v) is 8.32. The number of rotatable bonds is 6. The van der Waals surface area contributed by atoms with Crippen LogP contribution in [0.2, 0.25) is 0 Å². The van der Waals surface area contributed by atoms with Crippen molar-refractivity contribution >= 4 is 0 Å². The third-order valence-corrected chi connectivity index (χ3v) is 6.06. The summed E-state index contributed by atoms with van der Waals surface area (Å²) in [4.78, 5) is 0. The summed E-state index contributed by atoms with van der Waals surface area (Å²) in [5.74, 6) is 0. The van der Waals surface area contributed by atoms with Gasteiger partial charge in [-0.05, 0) is 6.92 Å². The number of hydrogen-bond donors (Lipinski definition) is 10. The molecule has 15 nitrogen and oxygen atoms in total. The van der Waals surface area contributed by atoms with Gasteiger partial charge in [0.2, 0.25) is 0 Å². The Kier molecular flexibility index (Phi) is 8.99. The van der Waals surface area contributed by atoms with Crippen molar-refractivity contribution in [2.75, 3.05) is 13.2 Å². The first-order valence-electron chi connectivity index (χ1n) is 10.4. The Morgan fingerprint density at radius 2 is 1.12 bits per heavy atom. The SMILES string of the molecule is C[C@@H]1O[C@@H](O[C@H]2[C@H](O[C@H]3[C@H](O)[C@@H](CO)OC(O)[C@@H]3O)O[C@H](CO)[C@H](O)[C@@H]2O)[C@H](O)[C@H](O)[C@H]1O. The lowest BCUT2D eigenvalue weighted by Gasteiger charge is -2.48. The van der Waals surface area contributed by atoms with E-state index in [1.807, 2.05) is 0 Å². The van der Waals surface area contributed by atoms with Gasteiger partial charge in [-0.3, -0.25) is 0 Å². The summed E-state index contributed by atoms with van der Waals surface area (Å²) in [5, 5.41) is 100. The van der Waals surface area contributed by atoms with Crippen LogP contribution in [0.3, 0.4) is 0 Å². The van der Waals surface area contributed by atoms with E-state index in [1.165, 1.54) is 6.92 Å². The van der Waals surface area contributed by atoms with Gasteiger partial charge in [0.1, 0.15) is 67.1 Å². The van der Waals surface area contributed by atoms with Crippen LogP contribution < -0.4 is 0 Å². The molecule has 3 aliphatic rings. The number of hydrogen-bond acceptors (Lipinski definition) is 15. The first-order chi connectivity index (χ1) is 15.5. The van der Waals surface area contributed by atoms with Gasteiger partial charge in [0.15, 0.2) is 18.9 Å². The van der Waals surface area contributed by atoms with E-state index in [1.54, 1.807) is 0 Å². The first-order valence-corrected chi connectivity index (χ1v) is 10.4. The van der Waals surface area contributed by atoms with Gasteiger partial charge in [-0.1, -0.05) is 0 Å². The molecule has 0 aromatic rings. The van der Waals surface area contributed by atoms with Crippen molar-refractivity contribution in [3.63, 3.8) is 0 Å². The lowest BCUT2D eigenvalue weighted by molar-refractivity contribution is -0.386. The predicted molar refractivity (Wildman–Crippen MR) is 99.8 cm³/mol. The highest BCUT2D eigenvalue weighted by molar-refractivity contribution is 4.95. The molecule has 0 bridgehead atoms. The van der Waals surface area contributed by atoms with Crippen molar-refractivity contribution < 1.29 is 74.7 Å². The Hall–Kier alpha value is -0.600. The molecule has 0 radical (unpaired) electrons. The fraction of sp³-hybridized carbons (Fsp3) is 1.00. The molecule has 0 amide bonds. The molecule has 10 N–H and O–H groups in total. The third kappa shape index (κ3) is 5.32. The summed E-state index contributed by atoms with van der Waals surface area (Å²) in [6.07, 6.45) is -24.2. The second kappa shape index (κ2) is 11.0. The Morgan fingerprint density at radius 1 is 0.545 bits per heavy atom. The maximum absolute atomic E-state index is 10.6. The molecule has 3 heterocycles. The Bertz CT molecular complexity index is 626. The van der Waals surface area contributed by atoms with Crippen LogP contribution in [0.4, 0.5) is 0 Å². The average molecular weight is 488 g/mol. The number of aliphatic hydroxyl groups excluding tert-OH is 10. The van der Waals surface area contributed by atoms with E-state index in [9.17, 15) is 51.1 Å². The van der Waals surface area contributed by atoms with Gasteiger partial charge in [0.25, 0.3) is 0 Å². The van der Waals surface area contributed by atoms with Crippen LogP contribution in [-0.4, -0.2) is 156 Å². The molecule has 0 saturated carbocycles. The molecule has 33 heavy (non-hydrogen) atoms. The van der Waals surface area contributed by atoms with Gasteiger partial charge in [0.05, 0.1) is 19.3 Å². The van der Waals surface area contributed by atoms with Gasteiger partial charge in [-0.25, -0.2) is 0 Å². The molecule has 0 spiro atoms. The zero-order chi connectivity index (χ0) is 24.6. The molecule has 0 aromatic carbocycles. The van der Waals surface area contributed by atoms with Crippen LogP contribution in [0.5, 0.6) is 0 Å². The van der Waals surface area contributed by atoms with Gasteiger partial charge in [-0.15, -0.1) is 0 Å². The number of aliphatic hydroxyl groups is 10. The van der Waals surface area contributed by atoms with Gasteiger partial charge >= 0.3 is 0 Å². The molecule has 0 aliphatic carbocycles. The normalized spacial score (nSPS) is 53.7. The fourth-order valence-electron chi connectivity index (χ4n) is 3.97. The van der Waals surface area contributed by atoms with E-state index >= 15 is 0 Å². The molecule has 194 valence electrons. The summed E-state index contributed by atoms with van der Waals surface area (Å²) in [7, 11) is 0. The maximum atomic E-state index is 10.6. The summed E-state index contributed by atoms with van der Waals surface area (Å²) < 4.78 is 26.7. The highest BCUT2D eigenvalue weighted by atomic mass is 16.8. The summed E-state index contributed by atoms with van der Waals surface area (Å²) in [5.41, 5.74) is 0. The van der Waals surface area contributed by atoms with Crippen molar-refractivity contribution in [1.82, 2.24) is 0 Å². The van der Waals surface area contributed by atoms with Crippen LogP contribution in [-0.2, 0) is 23.7 Å². The van der Waals surface area contributed by atoms with Crippen LogP contribution in [0.15, 0.2) is 0 Å². The third-order valence-electron chi connectivity index (χ3n) is 6.06. The topological polar surface area (TPSA) is 248 Å². The molecule has 1 unspecified atom stereocenters. The Balaban J connectivity index is 1.83. The maximum Gasteiger partial charge on any atom is 0.187 e. The minimum absolute atomic E-state index is 0.739. The average Bonchev–Trinajstić information content (AvgIpc) is 2.79. The van der Waals surface area contributed by atoms with Crippen molar-refractivity contribution in [2.45, 2.75) is 99.0 Å². The summed E-state index contributed by atoms with van der Waals surface area (Å²) in [6.45, 7) is -0.118. The van der Waals surface area contributed by atoms with Crippen LogP contribution in [0, 0.1) is 0 Å². The lowest BCUT2D eigenvalue weighted by atomic mass is 9.96. The van der Waals surface area contributed by atoms with Crippen molar-refractivity contribution in [1.29, 1.82) is 0 Å². The minimum atomic E-state index is -1.86. The van der Waals surface area contributed by atoms with Crippen molar-refractivity contribution in [3.05, 3.63) is 0 Å². The first kappa shape index (κ1) is 27.0. The van der Waals surface area contributed by atoms with Gasteiger partial charge < -0.3 is 74.7 Å². The highest BCUT2D eigenvalue weighted by Gasteiger charge is 2.53. The molecule has 15 atom stereocenters. The van der Waals surface area contributed by atoms with Gasteiger partial charge in [-0.2, -0.15) is 0 Å². The standard InChI is InChI=1S/C18H32O15/c1-4-7(21)10(24)12(26)17(29-4)33-15-11(25)8(22)5(2-19)31-18(15)32-14-9(23)6(3-20)30-16(28)13(14)27/h4-28H,2-3H2,1H3/t4-,5+,6+,7-,8-,9+,10+,11-,12+,13+,14-,15+,16?,17-,18-/m0/s1. The largest absolute Gasteiger partial charge is 0.394 e. The van der Waals surface area contributed by atoms with E-state index < -0.39 is 105 Å². The van der Waals surface area contributed by atoms with Crippen LogP contribution in [0.1, 0.15) is 6.92 Å². The molecule has 0 aromatic heterocycles. The quantitative estimate of drug-likeness (QED) is 0.167. The van der Waals surface area contributed by atoms with Crippen molar-refractivity contribution in [2.24, 2.45) is 0 Å². The highest BCUT2D eigenvalue weighted by Crippen LogP contribution is 2.32. The van der Waals surface area contributed by atoms with Gasteiger partial charge in [0, 0.05) is 0 Å². The van der Waals surface area contributed by atoms with E-state index in [0.717, 1.165) is 0 Å². The summed E-state index contributed by atoms with van der Waals surface area (Å²) in [6, 6.07) is 0. The predicted octanol–water partition coefficient (Wildman–Crippen LogP) is -6.55. The van der Waals surface area contributed by atoms with E-state index in [2.05, 4.69) is 0 Å². The molecular formula is C18H32O15. The summed E-state index contributed by atoms with van der Waals surface area (Å²) >= 11 is 0. The van der Waals surface area contributed by atoms with Crippen LogP contribution in [0.25, 0.3) is 0 Å². The monoisotopic (exact) mass is 488 g/mol. The van der Waals surface area contributed by atoms with E-state index in [0.29, 0.717) is 0 Å². The number of ether oxygens (including phenoxy) is 5. The lowest BCUT2D eigenvalue weighted by Crippen LogP contribution is -2.66. The Morgan fingerprint density at radius 3 is 1.73 bits per heavy atom. The van der Waals surface area contributed by atoms with Crippen LogP contribution >= 0.6 is 0 Å². The molecular weight excluding hydrogens is 456 g/mol. The zero-order valence-corrected chi connectivity index (χ0v) is 17.6. The molecule has 3 rings (SSSR count). The second-order valence-electron chi connectivity index (χ2n) is 8.32. The smallest absolute Gasteiger partial charge is 0.187 e.